The molecule has 11 aromatic carbocycles. The van der Waals surface area contributed by atoms with Crippen molar-refractivity contribution in [2.75, 3.05) is 9.80 Å². The van der Waals surface area contributed by atoms with E-state index < -0.39 is 0 Å². The van der Waals surface area contributed by atoms with Crippen LogP contribution in [0.1, 0.15) is 25.0 Å². The van der Waals surface area contributed by atoms with Gasteiger partial charge in [-0.25, -0.2) is 0 Å². The van der Waals surface area contributed by atoms with Gasteiger partial charge in [-0.15, -0.1) is 0 Å². The minimum Gasteiger partial charge on any atom is -0.456 e. The Bertz CT molecular complexity index is 4140. The van der Waals surface area contributed by atoms with Crippen LogP contribution in [-0.2, 0) is 5.41 Å². The van der Waals surface area contributed by atoms with Gasteiger partial charge in [0.25, 0.3) is 0 Å². The molecule has 0 N–H and O–H groups in total. The average molecular weight is 859 g/mol. The van der Waals surface area contributed by atoms with Crippen LogP contribution in [0.2, 0.25) is 0 Å². The standard InChI is InChI=1S/C63H42N2O2/c1-63(2)50-38-53(65(40-21-7-4-8-22-40)52-30-18-34-57-60(52)48-28-14-16-32-55(48)67-57)43-24-10-12-26-45(43)58(50)61-44-25-11-9-23-42(44)49-37-41(35-36-46(49)62(61)63)64(39-19-5-3-6-20-39)51-29-17-33-56-59(51)47-27-13-15-31-54(47)66-56/h3-38H,1-2H3. The second-order valence-electron chi connectivity index (χ2n) is 18.4. The van der Waals surface area contributed by atoms with Gasteiger partial charge in [0.15, 0.2) is 0 Å². The molecule has 316 valence electrons. The average Bonchev–Trinajstić information content (AvgIpc) is 4.03. The molecule has 0 aliphatic heterocycles. The molecule has 0 amide bonds. The Morgan fingerprint density at radius 1 is 0.313 bits per heavy atom. The van der Waals surface area contributed by atoms with Crippen molar-refractivity contribution in [3.63, 3.8) is 0 Å². The quantitative estimate of drug-likeness (QED) is 0.156. The third-order valence-electron chi connectivity index (χ3n) is 14.4. The molecule has 0 radical (unpaired) electrons. The molecule has 4 nitrogen and oxygen atoms in total. The van der Waals surface area contributed by atoms with Gasteiger partial charge in [-0.1, -0.05) is 153 Å². The lowest BCUT2D eigenvalue weighted by Crippen LogP contribution is -2.17. The zero-order valence-corrected chi connectivity index (χ0v) is 37.0. The first kappa shape index (κ1) is 37.7. The summed E-state index contributed by atoms with van der Waals surface area (Å²) in [7, 11) is 0. The fourth-order valence-electron chi connectivity index (χ4n) is 11.5. The van der Waals surface area contributed by atoms with E-state index in [9.17, 15) is 0 Å². The third kappa shape index (κ3) is 5.41. The molecule has 4 heteroatoms. The summed E-state index contributed by atoms with van der Waals surface area (Å²) in [5.74, 6) is 0. The van der Waals surface area contributed by atoms with E-state index in [-0.39, 0.29) is 5.41 Å². The number of para-hydroxylation sites is 4. The van der Waals surface area contributed by atoms with E-state index in [2.05, 4.69) is 230 Å². The number of fused-ring (bicyclic) bond motifs is 16. The second kappa shape index (κ2) is 14.2. The SMILES string of the molecule is CC1(C)c2cc(N(c3ccccc3)c3cccc4oc5ccccc5c34)c3ccccc3c2-c2c1c1ccc(N(c3ccccc3)c3cccc4oc5ccccc5c34)cc1c1ccccc21. The number of furan rings is 2. The Morgan fingerprint density at radius 3 is 1.40 bits per heavy atom. The van der Waals surface area contributed by atoms with Gasteiger partial charge in [0.1, 0.15) is 22.3 Å². The highest BCUT2D eigenvalue weighted by atomic mass is 16.3. The van der Waals surface area contributed by atoms with Crippen LogP contribution in [-0.4, -0.2) is 0 Å². The Hall–Kier alpha value is -8.60. The van der Waals surface area contributed by atoms with Crippen molar-refractivity contribution < 1.29 is 8.83 Å². The van der Waals surface area contributed by atoms with Gasteiger partial charge in [0.05, 0.1) is 27.8 Å². The fraction of sp³-hybridized carbons (Fsp3) is 0.0476. The van der Waals surface area contributed by atoms with E-state index in [0.717, 1.165) is 78.0 Å². The normalized spacial score (nSPS) is 13.0. The van der Waals surface area contributed by atoms with Crippen LogP contribution in [0.3, 0.4) is 0 Å². The van der Waals surface area contributed by atoms with Gasteiger partial charge < -0.3 is 18.6 Å². The van der Waals surface area contributed by atoms with E-state index in [1.807, 2.05) is 12.1 Å². The molecular formula is C63H42N2O2. The Morgan fingerprint density at radius 2 is 0.791 bits per heavy atom. The van der Waals surface area contributed by atoms with Crippen LogP contribution < -0.4 is 9.80 Å². The first-order chi connectivity index (χ1) is 33.0. The van der Waals surface area contributed by atoms with E-state index in [4.69, 9.17) is 8.83 Å². The minimum absolute atomic E-state index is 0.371. The monoisotopic (exact) mass is 858 g/mol. The van der Waals surface area contributed by atoms with Crippen molar-refractivity contribution in [1.29, 1.82) is 0 Å². The molecule has 1 aliphatic carbocycles. The van der Waals surface area contributed by atoms with Crippen LogP contribution >= 0.6 is 0 Å². The molecule has 0 spiro atoms. The Kier molecular flexibility index (Phi) is 8.00. The Balaban J connectivity index is 1.03. The maximum absolute atomic E-state index is 6.51. The molecule has 0 saturated carbocycles. The molecule has 1 aliphatic rings. The number of hydrogen-bond acceptors (Lipinski definition) is 4. The van der Waals surface area contributed by atoms with Gasteiger partial charge in [0, 0.05) is 38.6 Å². The number of rotatable bonds is 6. The summed E-state index contributed by atoms with van der Waals surface area (Å²) in [4.78, 5) is 4.85. The van der Waals surface area contributed by atoms with Crippen molar-refractivity contribution in [3.05, 3.63) is 230 Å². The predicted molar refractivity (Wildman–Crippen MR) is 280 cm³/mol. The second-order valence-corrected chi connectivity index (χ2v) is 18.4. The van der Waals surface area contributed by atoms with Crippen LogP contribution in [0.5, 0.6) is 0 Å². The van der Waals surface area contributed by atoms with E-state index in [1.165, 1.54) is 54.6 Å². The lowest BCUT2D eigenvalue weighted by atomic mass is 9.79. The topological polar surface area (TPSA) is 32.8 Å². The van der Waals surface area contributed by atoms with Gasteiger partial charge in [-0.05, 0) is 128 Å². The van der Waals surface area contributed by atoms with Crippen molar-refractivity contribution in [3.8, 4) is 11.1 Å². The smallest absolute Gasteiger partial charge is 0.137 e. The van der Waals surface area contributed by atoms with Crippen LogP contribution in [0, 0.1) is 0 Å². The van der Waals surface area contributed by atoms with Crippen LogP contribution in [0.15, 0.2) is 227 Å². The number of hydrogen-bond donors (Lipinski definition) is 0. The summed E-state index contributed by atoms with van der Waals surface area (Å²) < 4.78 is 13.0. The molecule has 0 unspecified atom stereocenters. The van der Waals surface area contributed by atoms with Crippen LogP contribution in [0.4, 0.5) is 34.1 Å². The number of anilines is 6. The first-order valence-electron chi connectivity index (χ1n) is 23.1. The van der Waals surface area contributed by atoms with Crippen molar-refractivity contribution in [1.82, 2.24) is 0 Å². The highest BCUT2D eigenvalue weighted by molar-refractivity contribution is 6.24. The van der Waals surface area contributed by atoms with Crippen molar-refractivity contribution in [2.45, 2.75) is 19.3 Å². The molecule has 0 saturated heterocycles. The maximum atomic E-state index is 6.51. The maximum Gasteiger partial charge on any atom is 0.137 e. The Labute approximate surface area is 387 Å². The fourth-order valence-corrected chi connectivity index (χ4v) is 11.5. The van der Waals surface area contributed by atoms with E-state index in [1.54, 1.807) is 0 Å². The highest BCUT2D eigenvalue weighted by Gasteiger charge is 2.41. The summed E-state index contributed by atoms with van der Waals surface area (Å²) in [5.41, 5.74) is 15.0. The van der Waals surface area contributed by atoms with Crippen molar-refractivity contribution >= 4 is 110 Å². The highest BCUT2D eigenvalue weighted by Crippen LogP contribution is 2.59. The largest absolute Gasteiger partial charge is 0.456 e. The third-order valence-corrected chi connectivity index (χ3v) is 14.4. The van der Waals surface area contributed by atoms with Crippen LogP contribution in [0.25, 0.3) is 87.3 Å². The zero-order chi connectivity index (χ0) is 44.4. The molecule has 0 bridgehead atoms. The van der Waals surface area contributed by atoms with E-state index in [0.29, 0.717) is 0 Å². The summed E-state index contributed by atoms with van der Waals surface area (Å²) in [5, 5.41) is 11.8. The van der Waals surface area contributed by atoms with Crippen molar-refractivity contribution in [2.24, 2.45) is 0 Å². The van der Waals surface area contributed by atoms with E-state index >= 15 is 0 Å². The molecule has 67 heavy (non-hydrogen) atoms. The number of nitrogens with zero attached hydrogens (tertiary/aromatic N) is 2. The summed E-state index contributed by atoms with van der Waals surface area (Å²) in [6.07, 6.45) is 0. The summed E-state index contributed by atoms with van der Waals surface area (Å²) >= 11 is 0. The summed E-state index contributed by atoms with van der Waals surface area (Å²) in [6, 6.07) is 78.8. The molecule has 0 atom stereocenters. The molecule has 2 heterocycles. The molecule has 0 fully saturated rings. The van der Waals surface area contributed by atoms with Gasteiger partial charge in [-0.2, -0.15) is 0 Å². The molecule has 13 aromatic rings. The zero-order valence-electron chi connectivity index (χ0n) is 37.0. The summed E-state index contributed by atoms with van der Waals surface area (Å²) in [6.45, 7) is 4.85. The van der Waals surface area contributed by atoms with Gasteiger partial charge >= 0.3 is 0 Å². The minimum atomic E-state index is -0.371. The lowest BCUT2D eigenvalue weighted by Gasteiger charge is -2.30. The first-order valence-corrected chi connectivity index (χ1v) is 23.1. The lowest BCUT2D eigenvalue weighted by molar-refractivity contribution is 0.667. The number of benzene rings is 11. The molecule has 2 aromatic heterocycles. The molecular weight excluding hydrogens is 817 g/mol. The molecule has 14 rings (SSSR count). The van der Waals surface area contributed by atoms with Gasteiger partial charge in [0.2, 0.25) is 0 Å². The predicted octanol–water partition coefficient (Wildman–Crippen LogP) is 18.2. The van der Waals surface area contributed by atoms with Gasteiger partial charge in [-0.3, -0.25) is 0 Å².